The maximum Gasteiger partial charge on any atom is 0.410 e. The third-order valence-electron chi connectivity index (χ3n) is 3.62. The highest BCUT2D eigenvalue weighted by Crippen LogP contribution is 2.25. The fraction of sp³-hybridized carbons (Fsp3) is 0.625. The van der Waals surface area contributed by atoms with Gasteiger partial charge in [0.15, 0.2) is 0 Å². The van der Waals surface area contributed by atoms with Gasteiger partial charge in [0.2, 0.25) is 0 Å². The average molecular weight is 291 g/mol. The SMILES string of the molecule is CCN1CCN(C(=O)OC(C)(C)C)C[C@@H]1c1cccnc1. The van der Waals surface area contributed by atoms with Crippen LogP contribution in [0.15, 0.2) is 24.5 Å². The molecule has 1 amide bonds. The first-order valence-corrected chi connectivity index (χ1v) is 7.52. The number of hydrogen-bond donors (Lipinski definition) is 0. The molecule has 0 bridgehead atoms. The number of aromatic nitrogens is 1. The van der Waals surface area contributed by atoms with Gasteiger partial charge in [0.25, 0.3) is 0 Å². The minimum atomic E-state index is -0.456. The molecule has 0 aromatic carbocycles. The van der Waals surface area contributed by atoms with Crippen molar-refractivity contribution in [3.8, 4) is 0 Å². The molecule has 5 nitrogen and oxygen atoms in total. The molecule has 2 heterocycles. The molecule has 1 aromatic rings. The van der Waals surface area contributed by atoms with Crippen molar-refractivity contribution in [1.82, 2.24) is 14.8 Å². The third kappa shape index (κ3) is 4.17. The standard InChI is InChI=1S/C16H25N3O2/c1-5-18-9-10-19(15(20)21-16(2,3)4)12-14(18)13-7-6-8-17-11-13/h6-8,11,14H,5,9-10,12H2,1-4H3/t14-/m1/s1. The first kappa shape index (κ1) is 15.8. The number of ether oxygens (including phenoxy) is 1. The largest absolute Gasteiger partial charge is 0.444 e. The zero-order chi connectivity index (χ0) is 15.5. The van der Waals surface area contributed by atoms with Crippen LogP contribution in [0.2, 0.25) is 0 Å². The Kier molecular flexibility index (Phi) is 4.83. The minimum absolute atomic E-state index is 0.185. The molecule has 1 aromatic heterocycles. The summed E-state index contributed by atoms with van der Waals surface area (Å²) < 4.78 is 5.48. The van der Waals surface area contributed by atoms with E-state index >= 15 is 0 Å². The molecule has 1 atom stereocenters. The van der Waals surface area contributed by atoms with Crippen LogP contribution in [0.5, 0.6) is 0 Å². The maximum absolute atomic E-state index is 12.3. The van der Waals surface area contributed by atoms with Gasteiger partial charge >= 0.3 is 6.09 Å². The van der Waals surface area contributed by atoms with E-state index in [0.717, 1.165) is 18.7 Å². The van der Waals surface area contributed by atoms with Crippen LogP contribution >= 0.6 is 0 Å². The van der Waals surface area contributed by atoms with E-state index in [1.54, 1.807) is 11.1 Å². The van der Waals surface area contributed by atoms with Gasteiger partial charge in [0, 0.05) is 32.0 Å². The van der Waals surface area contributed by atoms with E-state index < -0.39 is 5.60 Å². The lowest BCUT2D eigenvalue weighted by molar-refractivity contribution is 0.00424. The second-order valence-electron chi connectivity index (χ2n) is 6.36. The van der Waals surface area contributed by atoms with E-state index in [1.807, 2.05) is 33.0 Å². The van der Waals surface area contributed by atoms with E-state index in [0.29, 0.717) is 13.1 Å². The van der Waals surface area contributed by atoms with Crippen LogP contribution < -0.4 is 0 Å². The number of piperazine rings is 1. The molecule has 1 fully saturated rings. The Labute approximate surface area is 126 Å². The summed E-state index contributed by atoms with van der Waals surface area (Å²) in [4.78, 5) is 20.6. The second kappa shape index (κ2) is 6.43. The van der Waals surface area contributed by atoms with Crippen molar-refractivity contribution in [2.24, 2.45) is 0 Å². The number of nitrogens with zero attached hydrogens (tertiary/aromatic N) is 3. The van der Waals surface area contributed by atoms with Crippen molar-refractivity contribution in [3.63, 3.8) is 0 Å². The van der Waals surface area contributed by atoms with E-state index in [1.165, 1.54) is 0 Å². The third-order valence-corrected chi connectivity index (χ3v) is 3.62. The van der Waals surface area contributed by atoms with Gasteiger partial charge in [-0.2, -0.15) is 0 Å². The summed E-state index contributed by atoms with van der Waals surface area (Å²) >= 11 is 0. The molecule has 116 valence electrons. The molecular formula is C16H25N3O2. The number of pyridine rings is 1. The van der Waals surface area contributed by atoms with Gasteiger partial charge in [-0.1, -0.05) is 13.0 Å². The van der Waals surface area contributed by atoms with Crippen LogP contribution in [0.1, 0.15) is 39.3 Å². The van der Waals surface area contributed by atoms with Crippen LogP contribution in [-0.4, -0.2) is 52.7 Å². The Hall–Kier alpha value is -1.62. The van der Waals surface area contributed by atoms with Crippen molar-refractivity contribution in [2.75, 3.05) is 26.2 Å². The average Bonchev–Trinajstić information content (AvgIpc) is 2.45. The molecule has 0 aliphatic carbocycles. The highest BCUT2D eigenvalue weighted by Gasteiger charge is 2.32. The van der Waals surface area contributed by atoms with E-state index in [-0.39, 0.29) is 12.1 Å². The smallest absolute Gasteiger partial charge is 0.410 e. The van der Waals surface area contributed by atoms with Crippen LogP contribution in [0.4, 0.5) is 4.79 Å². The number of amides is 1. The lowest BCUT2D eigenvalue weighted by Crippen LogP contribution is -2.51. The van der Waals surface area contributed by atoms with Gasteiger partial charge in [-0.3, -0.25) is 9.88 Å². The molecule has 5 heteroatoms. The molecular weight excluding hydrogens is 266 g/mol. The summed E-state index contributed by atoms with van der Waals surface area (Å²) in [5, 5.41) is 0. The van der Waals surface area contributed by atoms with Crippen molar-refractivity contribution in [3.05, 3.63) is 30.1 Å². The Balaban J connectivity index is 2.10. The molecule has 0 radical (unpaired) electrons. The molecule has 0 spiro atoms. The topological polar surface area (TPSA) is 45.7 Å². The van der Waals surface area contributed by atoms with Crippen LogP contribution in [-0.2, 0) is 4.74 Å². The summed E-state index contributed by atoms with van der Waals surface area (Å²) in [6, 6.07) is 4.19. The van der Waals surface area contributed by atoms with Crippen molar-refractivity contribution in [2.45, 2.75) is 39.3 Å². The molecule has 1 saturated heterocycles. The van der Waals surface area contributed by atoms with Gasteiger partial charge in [-0.15, -0.1) is 0 Å². The lowest BCUT2D eigenvalue weighted by atomic mass is 10.0. The number of carbonyl (C=O) groups excluding carboxylic acids is 1. The highest BCUT2D eigenvalue weighted by molar-refractivity contribution is 5.68. The summed E-state index contributed by atoms with van der Waals surface area (Å²) in [6.07, 6.45) is 3.42. The first-order chi connectivity index (χ1) is 9.90. The Bertz CT molecular complexity index is 470. The summed E-state index contributed by atoms with van der Waals surface area (Å²) in [5.41, 5.74) is 0.690. The van der Waals surface area contributed by atoms with Crippen molar-refractivity contribution in [1.29, 1.82) is 0 Å². The molecule has 0 unspecified atom stereocenters. The number of carbonyl (C=O) groups is 1. The monoisotopic (exact) mass is 291 g/mol. The fourth-order valence-electron chi connectivity index (χ4n) is 2.58. The summed E-state index contributed by atoms with van der Waals surface area (Å²) in [7, 11) is 0. The predicted octanol–water partition coefficient (Wildman–Crippen LogP) is 2.70. The lowest BCUT2D eigenvalue weighted by Gasteiger charge is -2.41. The van der Waals surface area contributed by atoms with E-state index in [9.17, 15) is 4.79 Å². The minimum Gasteiger partial charge on any atom is -0.444 e. The molecule has 1 aliphatic rings. The van der Waals surface area contributed by atoms with Gasteiger partial charge in [-0.05, 0) is 38.9 Å². The number of rotatable bonds is 2. The zero-order valence-corrected chi connectivity index (χ0v) is 13.4. The molecule has 21 heavy (non-hydrogen) atoms. The van der Waals surface area contributed by atoms with Crippen molar-refractivity contribution < 1.29 is 9.53 Å². The Morgan fingerprint density at radius 3 is 2.76 bits per heavy atom. The fourth-order valence-corrected chi connectivity index (χ4v) is 2.58. The van der Waals surface area contributed by atoms with E-state index in [4.69, 9.17) is 4.74 Å². The van der Waals surface area contributed by atoms with Crippen LogP contribution in [0.25, 0.3) is 0 Å². The first-order valence-electron chi connectivity index (χ1n) is 7.52. The molecule has 0 N–H and O–H groups in total. The Morgan fingerprint density at radius 2 is 2.19 bits per heavy atom. The van der Waals surface area contributed by atoms with Gasteiger partial charge < -0.3 is 9.64 Å². The Morgan fingerprint density at radius 1 is 1.43 bits per heavy atom. The highest BCUT2D eigenvalue weighted by atomic mass is 16.6. The molecule has 2 rings (SSSR count). The van der Waals surface area contributed by atoms with Gasteiger partial charge in [0.05, 0.1) is 6.04 Å². The zero-order valence-electron chi connectivity index (χ0n) is 13.4. The maximum atomic E-state index is 12.3. The predicted molar refractivity (Wildman–Crippen MR) is 82.0 cm³/mol. The molecule has 0 saturated carbocycles. The van der Waals surface area contributed by atoms with Crippen LogP contribution in [0, 0.1) is 0 Å². The van der Waals surface area contributed by atoms with E-state index in [2.05, 4.69) is 22.9 Å². The van der Waals surface area contributed by atoms with Crippen molar-refractivity contribution >= 4 is 6.09 Å². The number of likely N-dealkylation sites (N-methyl/N-ethyl adjacent to an activating group) is 1. The quantitative estimate of drug-likeness (QED) is 0.840. The summed E-state index contributed by atoms with van der Waals surface area (Å²) in [5.74, 6) is 0. The van der Waals surface area contributed by atoms with Crippen LogP contribution in [0.3, 0.4) is 0 Å². The van der Waals surface area contributed by atoms with Gasteiger partial charge in [-0.25, -0.2) is 4.79 Å². The summed E-state index contributed by atoms with van der Waals surface area (Å²) in [6.45, 7) is 11.0. The van der Waals surface area contributed by atoms with Gasteiger partial charge in [0.1, 0.15) is 5.60 Å². The normalized spacial score (nSPS) is 20.4. The number of hydrogen-bond acceptors (Lipinski definition) is 4. The second-order valence-corrected chi connectivity index (χ2v) is 6.36. The molecule has 1 aliphatic heterocycles.